The number of benzene rings is 5. The summed E-state index contributed by atoms with van der Waals surface area (Å²) in [5.41, 5.74) is 4.26. The highest BCUT2D eigenvalue weighted by atomic mass is 32.2. The molecule has 0 aliphatic rings. The van der Waals surface area contributed by atoms with Crippen LogP contribution in [0, 0.1) is 24.0 Å². The molecule has 0 aliphatic carbocycles. The van der Waals surface area contributed by atoms with Gasteiger partial charge in [0.2, 0.25) is 5.91 Å². The van der Waals surface area contributed by atoms with Crippen LogP contribution in [0.4, 0.5) is 17.1 Å². The monoisotopic (exact) mass is 656 g/mol. The van der Waals surface area contributed by atoms with E-state index in [-0.39, 0.29) is 17.3 Å². The fraction of sp³-hybridized carbons (Fsp3) is 0.0789. The third-order valence-corrected chi connectivity index (χ3v) is 8.64. The average Bonchev–Trinajstić information content (AvgIpc) is 3.09. The van der Waals surface area contributed by atoms with Gasteiger partial charge in [0.25, 0.3) is 17.5 Å². The van der Waals surface area contributed by atoms with Crippen LogP contribution in [0.3, 0.4) is 0 Å². The molecule has 5 rings (SSSR count). The van der Waals surface area contributed by atoms with Gasteiger partial charge in [-0.1, -0.05) is 84.9 Å². The van der Waals surface area contributed by atoms with Crippen LogP contribution < -0.4 is 16.0 Å². The first-order chi connectivity index (χ1) is 23.2. The summed E-state index contributed by atoms with van der Waals surface area (Å²) in [6.45, 7) is 3.68. The second-order valence-electron chi connectivity index (χ2n) is 10.9. The number of carbonyl (C=O) groups excluding carboxylic acids is 3. The first kappa shape index (κ1) is 33.4. The number of nitrogens with zero attached hydrogens (tertiary/aromatic N) is 1. The zero-order valence-corrected chi connectivity index (χ0v) is 27.0. The lowest BCUT2D eigenvalue weighted by molar-refractivity contribution is -0.384. The number of anilines is 2. The number of hydrogen-bond acceptors (Lipinski definition) is 6. The van der Waals surface area contributed by atoms with Crippen LogP contribution in [0.15, 0.2) is 138 Å². The maximum absolute atomic E-state index is 13.7. The minimum Gasteiger partial charge on any atom is -0.324 e. The standard InChI is InChI=1S/C38H32N4O5S/c1-25-12-9-10-17-29(25)22-34(41-36(43)28-15-7-4-8-16-28)37(44)39-30-18-11-19-32(23-30)48-35(27-13-5-3-6-14-27)38(45)40-33-24-31(42(46)47)21-20-26(33)2/h3-24,35H,1-2H3,(H,39,44)(H,40,45)(H,41,43)/b34-22-. The number of thioether (sulfide) groups is 1. The zero-order chi connectivity index (χ0) is 34.0. The number of amides is 3. The normalized spacial score (nSPS) is 11.7. The first-order valence-electron chi connectivity index (χ1n) is 15.0. The molecule has 48 heavy (non-hydrogen) atoms. The molecule has 0 saturated carbocycles. The van der Waals surface area contributed by atoms with E-state index in [9.17, 15) is 24.5 Å². The quantitative estimate of drug-likeness (QED) is 0.0570. The topological polar surface area (TPSA) is 130 Å². The zero-order valence-electron chi connectivity index (χ0n) is 26.2. The van der Waals surface area contributed by atoms with E-state index in [0.29, 0.717) is 27.4 Å². The summed E-state index contributed by atoms with van der Waals surface area (Å²) in [6, 6.07) is 36.7. The Balaban J connectivity index is 1.39. The first-order valence-corrected chi connectivity index (χ1v) is 15.9. The van der Waals surface area contributed by atoms with Crippen molar-refractivity contribution in [2.24, 2.45) is 0 Å². The van der Waals surface area contributed by atoms with Gasteiger partial charge in [0.1, 0.15) is 10.9 Å². The van der Waals surface area contributed by atoms with Crippen molar-refractivity contribution in [2.75, 3.05) is 10.6 Å². The Kier molecular flexibility index (Phi) is 10.8. The molecule has 10 heteroatoms. The van der Waals surface area contributed by atoms with Crippen LogP contribution in [-0.4, -0.2) is 22.6 Å². The third-order valence-electron chi connectivity index (χ3n) is 7.39. The van der Waals surface area contributed by atoms with Crippen LogP contribution >= 0.6 is 11.8 Å². The Labute approximate surface area is 282 Å². The van der Waals surface area contributed by atoms with Crippen molar-refractivity contribution in [3.05, 3.63) is 171 Å². The van der Waals surface area contributed by atoms with Gasteiger partial charge in [-0.25, -0.2) is 0 Å². The molecule has 1 atom stereocenters. The molecule has 1 unspecified atom stereocenters. The maximum atomic E-state index is 13.7. The van der Waals surface area contributed by atoms with E-state index in [2.05, 4.69) is 16.0 Å². The molecule has 0 fully saturated rings. The summed E-state index contributed by atoms with van der Waals surface area (Å²) < 4.78 is 0. The van der Waals surface area contributed by atoms with Crippen molar-refractivity contribution in [3.63, 3.8) is 0 Å². The molecule has 0 spiro atoms. The Hall–Kier alpha value is -6.00. The van der Waals surface area contributed by atoms with E-state index in [1.807, 2.05) is 67.6 Å². The predicted molar refractivity (Wildman–Crippen MR) is 190 cm³/mol. The van der Waals surface area contributed by atoms with E-state index in [4.69, 9.17) is 0 Å². The lowest BCUT2D eigenvalue weighted by Crippen LogP contribution is -2.30. The molecule has 0 radical (unpaired) electrons. The summed E-state index contributed by atoms with van der Waals surface area (Å²) in [6.07, 6.45) is 1.63. The van der Waals surface area contributed by atoms with Gasteiger partial charge in [-0.3, -0.25) is 24.5 Å². The number of rotatable bonds is 11. The Morgan fingerprint density at radius 3 is 2.15 bits per heavy atom. The molecule has 240 valence electrons. The molecule has 3 amide bonds. The summed E-state index contributed by atoms with van der Waals surface area (Å²) >= 11 is 1.27. The molecule has 0 aromatic heterocycles. The van der Waals surface area contributed by atoms with Crippen molar-refractivity contribution in [2.45, 2.75) is 24.0 Å². The molecule has 0 aliphatic heterocycles. The van der Waals surface area contributed by atoms with Crippen molar-refractivity contribution in [1.29, 1.82) is 0 Å². The molecule has 5 aromatic rings. The van der Waals surface area contributed by atoms with Crippen LogP contribution in [0.5, 0.6) is 0 Å². The van der Waals surface area contributed by atoms with Gasteiger partial charge in [-0.15, -0.1) is 11.8 Å². The summed E-state index contributed by atoms with van der Waals surface area (Å²) in [4.78, 5) is 52.0. The van der Waals surface area contributed by atoms with E-state index in [1.165, 1.54) is 23.9 Å². The fourth-order valence-electron chi connectivity index (χ4n) is 4.79. The van der Waals surface area contributed by atoms with E-state index < -0.39 is 22.0 Å². The van der Waals surface area contributed by atoms with Gasteiger partial charge in [0, 0.05) is 28.3 Å². The summed E-state index contributed by atoms with van der Waals surface area (Å²) in [5, 5.41) is 19.1. The predicted octanol–water partition coefficient (Wildman–Crippen LogP) is 8.09. The molecule has 0 saturated heterocycles. The van der Waals surface area contributed by atoms with E-state index in [1.54, 1.807) is 67.6 Å². The molecular formula is C38H32N4O5S. The maximum Gasteiger partial charge on any atom is 0.272 e. The molecule has 3 N–H and O–H groups in total. The Morgan fingerprint density at radius 2 is 1.44 bits per heavy atom. The summed E-state index contributed by atoms with van der Waals surface area (Å²) in [7, 11) is 0. The van der Waals surface area contributed by atoms with Gasteiger partial charge in [0.15, 0.2) is 0 Å². The highest BCUT2D eigenvalue weighted by Gasteiger charge is 2.24. The van der Waals surface area contributed by atoms with Crippen LogP contribution in [0.1, 0.15) is 37.9 Å². The van der Waals surface area contributed by atoms with Gasteiger partial charge < -0.3 is 16.0 Å². The molecule has 0 heterocycles. The van der Waals surface area contributed by atoms with Gasteiger partial charge in [0.05, 0.1) is 10.6 Å². The number of hydrogen-bond donors (Lipinski definition) is 3. The average molecular weight is 657 g/mol. The summed E-state index contributed by atoms with van der Waals surface area (Å²) in [5.74, 6) is -1.31. The number of nitrogens with one attached hydrogen (secondary N) is 3. The van der Waals surface area contributed by atoms with Crippen molar-refractivity contribution in [3.8, 4) is 0 Å². The minimum absolute atomic E-state index is 0.0603. The number of carbonyl (C=O) groups is 3. The van der Waals surface area contributed by atoms with E-state index >= 15 is 0 Å². The number of nitro groups is 1. The second-order valence-corrected chi connectivity index (χ2v) is 12.0. The van der Waals surface area contributed by atoms with Crippen LogP contribution in [0.25, 0.3) is 6.08 Å². The van der Waals surface area contributed by atoms with Crippen molar-refractivity contribution in [1.82, 2.24) is 5.32 Å². The van der Waals surface area contributed by atoms with E-state index in [0.717, 1.165) is 16.7 Å². The van der Waals surface area contributed by atoms with Crippen molar-refractivity contribution >= 4 is 52.6 Å². The third kappa shape index (κ3) is 8.62. The molecule has 9 nitrogen and oxygen atoms in total. The lowest BCUT2D eigenvalue weighted by Gasteiger charge is -2.18. The second kappa shape index (κ2) is 15.5. The Bertz CT molecular complexity index is 2000. The molecule has 0 bridgehead atoms. The smallest absolute Gasteiger partial charge is 0.272 e. The fourth-order valence-corrected chi connectivity index (χ4v) is 5.87. The number of nitro benzene ring substituents is 1. The number of non-ortho nitro benzene ring substituents is 1. The lowest BCUT2D eigenvalue weighted by atomic mass is 10.1. The van der Waals surface area contributed by atoms with Gasteiger partial charge in [-0.05, 0) is 72.5 Å². The van der Waals surface area contributed by atoms with Crippen LogP contribution in [0.2, 0.25) is 0 Å². The van der Waals surface area contributed by atoms with Gasteiger partial charge >= 0.3 is 0 Å². The number of aryl methyl sites for hydroxylation is 2. The minimum atomic E-state index is -0.725. The Morgan fingerprint density at radius 1 is 0.750 bits per heavy atom. The molecular weight excluding hydrogens is 625 g/mol. The highest BCUT2D eigenvalue weighted by molar-refractivity contribution is 8.00. The van der Waals surface area contributed by atoms with Gasteiger partial charge in [-0.2, -0.15) is 0 Å². The van der Waals surface area contributed by atoms with Crippen molar-refractivity contribution < 1.29 is 19.3 Å². The SMILES string of the molecule is Cc1ccccc1/C=C(\NC(=O)c1ccccc1)C(=O)Nc1cccc(SC(C(=O)Nc2cc([N+](=O)[O-])ccc2C)c2ccccc2)c1. The largest absolute Gasteiger partial charge is 0.324 e. The molecule has 5 aromatic carbocycles. The van der Waals surface area contributed by atoms with Crippen LogP contribution in [-0.2, 0) is 9.59 Å². The highest BCUT2D eigenvalue weighted by Crippen LogP contribution is 2.38.